The van der Waals surface area contributed by atoms with Crippen LogP contribution >= 0.6 is 11.8 Å². The second kappa shape index (κ2) is 5.93. The third-order valence-electron chi connectivity index (χ3n) is 3.74. The molecule has 1 aliphatic heterocycles. The lowest BCUT2D eigenvalue weighted by Crippen LogP contribution is -2.30. The van der Waals surface area contributed by atoms with E-state index in [-0.39, 0.29) is 0 Å². The molecule has 2 atom stereocenters. The van der Waals surface area contributed by atoms with Crippen LogP contribution < -0.4 is 5.32 Å². The van der Waals surface area contributed by atoms with Gasteiger partial charge in [0.2, 0.25) is 0 Å². The molecule has 0 aliphatic carbocycles. The standard InChI is InChI=1S/C16H20N2S/c1-12-10-15(11-19-12)17-9-7-14-5-2-4-13-6-3-8-18-16(13)14/h2-6,8,12,15,17H,7,9-11H2,1H3. The number of thioether (sulfide) groups is 1. The Hall–Kier alpha value is -1.06. The minimum Gasteiger partial charge on any atom is -0.313 e. The zero-order valence-electron chi connectivity index (χ0n) is 11.3. The van der Waals surface area contributed by atoms with Crippen LogP contribution in [0.3, 0.4) is 0 Å². The summed E-state index contributed by atoms with van der Waals surface area (Å²) in [7, 11) is 0. The summed E-state index contributed by atoms with van der Waals surface area (Å²) in [6, 6.07) is 11.3. The van der Waals surface area contributed by atoms with Crippen LogP contribution in [0.25, 0.3) is 10.9 Å². The van der Waals surface area contributed by atoms with Gasteiger partial charge in [-0.1, -0.05) is 31.2 Å². The summed E-state index contributed by atoms with van der Waals surface area (Å²) in [5.41, 5.74) is 2.50. The van der Waals surface area contributed by atoms with Gasteiger partial charge in [-0.2, -0.15) is 11.8 Å². The van der Waals surface area contributed by atoms with E-state index in [1.807, 2.05) is 12.3 Å². The number of benzene rings is 1. The van der Waals surface area contributed by atoms with Gasteiger partial charge >= 0.3 is 0 Å². The minimum atomic E-state index is 0.697. The highest BCUT2D eigenvalue weighted by Crippen LogP contribution is 2.25. The van der Waals surface area contributed by atoms with Crippen LogP contribution in [-0.2, 0) is 6.42 Å². The highest BCUT2D eigenvalue weighted by Gasteiger charge is 2.20. The van der Waals surface area contributed by atoms with Crippen molar-refractivity contribution in [2.24, 2.45) is 0 Å². The van der Waals surface area contributed by atoms with E-state index in [0.29, 0.717) is 6.04 Å². The summed E-state index contributed by atoms with van der Waals surface area (Å²) in [6.07, 6.45) is 4.25. The summed E-state index contributed by atoms with van der Waals surface area (Å²) in [5, 5.41) is 5.73. The number of fused-ring (bicyclic) bond motifs is 1. The van der Waals surface area contributed by atoms with Gasteiger partial charge in [-0.3, -0.25) is 4.98 Å². The molecule has 0 amide bonds. The van der Waals surface area contributed by atoms with Crippen LogP contribution in [0, 0.1) is 0 Å². The first-order chi connectivity index (χ1) is 9.33. The Bertz CT molecular complexity index is 550. The van der Waals surface area contributed by atoms with Crippen LogP contribution in [0.5, 0.6) is 0 Å². The smallest absolute Gasteiger partial charge is 0.0734 e. The van der Waals surface area contributed by atoms with E-state index in [1.165, 1.54) is 23.1 Å². The van der Waals surface area contributed by atoms with Crippen molar-refractivity contribution in [1.29, 1.82) is 0 Å². The van der Waals surface area contributed by atoms with E-state index in [9.17, 15) is 0 Å². The lowest BCUT2D eigenvalue weighted by molar-refractivity contribution is 0.542. The summed E-state index contributed by atoms with van der Waals surface area (Å²) in [6.45, 7) is 3.37. The van der Waals surface area contributed by atoms with Gasteiger partial charge in [0.05, 0.1) is 5.52 Å². The van der Waals surface area contributed by atoms with Gasteiger partial charge in [-0.25, -0.2) is 0 Å². The average molecular weight is 272 g/mol. The maximum Gasteiger partial charge on any atom is 0.0734 e. The third kappa shape index (κ3) is 3.10. The molecular weight excluding hydrogens is 252 g/mol. The molecule has 19 heavy (non-hydrogen) atoms. The number of hydrogen-bond donors (Lipinski definition) is 1. The number of aromatic nitrogens is 1. The van der Waals surface area contributed by atoms with Crippen LogP contribution in [0.1, 0.15) is 18.9 Å². The molecule has 0 bridgehead atoms. The Labute approximate surface area is 119 Å². The largest absolute Gasteiger partial charge is 0.313 e. The van der Waals surface area contributed by atoms with Crippen LogP contribution in [-0.4, -0.2) is 28.6 Å². The maximum absolute atomic E-state index is 4.51. The number of hydrogen-bond acceptors (Lipinski definition) is 3. The molecule has 3 rings (SSSR count). The van der Waals surface area contributed by atoms with Crippen molar-refractivity contribution in [1.82, 2.24) is 10.3 Å². The molecule has 2 unspecified atom stereocenters. The Morgan fingerprint density at radius 2 is 2.21 bits per heavy atom. The van der Waals surface area contributed by atoms with Crippen molar-refractivity contribution < 1.29 is 0 Å². The Kier molecular flexibility index (Phi) is 4.04. The predicted octanol–water partition coefficient (Wildman–Crippen LogP) is 3.26. The maximum atomic E-state index is 4.51. The third-order valence-corrected chi connectivity index (χ3v) is 5.10. The van der Waals surface area contributed by atoms with E-state index in [1.54, 1.807) is 0 Å². The Morgan fingerprint density at radius 1 is 1.32 bits per heavy atom. The number of nitrogens with zero attached hydrogens (tertiary/aromatic N) is 1. The molecule has 0 saturated carbocycles. The molecule has 1 N–H and O–H groups in total. The predicted molar refractivity (Wildman–Crippen MR) is 83.8 cm³/mol. The molecule has 3 heteroatoms. The van der Waals surface area contributed by atoms with Crippen molar-refractivity contribution in [3.05, 3.63) is 42.1 Å². The first-order valence-electron chi connectivity index (χ1n) is 7.00. The molecule has 2 heterocycles. The molecule has 1 aromatic carbocycles. The number of nitrogens with one attached hydrogen (secondary N) is 1. The number of rotatable bonds is 4. The van der Waals surface area contributed by atoms with Crippen molar-refractivity contribution in [2.75, 3.05) is 12.3 Å². The number of para-hydroxylation sites is 1. The SMILES string of the molecule is CC1CC(NCCc2cccc3cccnc23)CS1. The number of pyridine rings is 1. The second-order valence-corrected chi connectivity index (χ2v) is 6.74. The van der Waals surface area contributed by atoms with Crippen molar-refractivity contribution in [2.45, 2.75) is 31.1 Å². The van der Waals surface area contributed by atoms with E-state index >= 15 is 0 Å². The molecule has 0 radical (unpaired) electrons. The molecule has 100 valence electrons. The summed E-state index contributed by atoms with van der Waals surface area (Å²) < 4.78 is 0. The summed E-state index contributed by atoms with van der Waals surface area (Å²) in [4.78, 5) is 4.51. The van der Waals surface area contributed by atoms with E-state index in [0.717, 1.165) is 23.7 Å². The molecule has 1 aliphatic rings. The van der Waals surface area contributed by atoms with E-state index < -0.39 is 0 Å². The Balaban J connectivity index is 1.62. The van der Waals surface area contributed by atoms with E-state index in [4.69, 9.17) is 0 Å². The second-order valence-electron chi connectivity index (χ2n) is 5.27. The van der Waals surface area contributed by atoms with Gasteiger partial charge in [0.25, 0.3) is 0 Å². The minimum absolute atomic E-state index is 0.697. The molecule has 1 aromatic heterocycles. The van der Waals surface area contributed by atoms with Gasteiger partial charge in [0.1, 0.15) is 0 Å². The van der Waals surface area contributed by atoms with Crippen molar-refractivity contribution in [3.63, 3.8) is 0 Å². The van der Waals surface area contributed by atoms with Crippen LogP contribution in [0.2, 0.25) is 0 Å². The quantitative estimate of drug-likeness (QED) is 0.924. The summed E-state index contributed by atoms with van der Waals surface area (Å²) >= 11 is 2.08. The zero-order valence-corrected chi connectivity index (χ0v) is 12.1. The van der Waals surface area contributed by atoms with Crippen molar-refractivity contribution in [3.8, 4) is 0 Å². The zero-order chi connectivity index (χ0) is 13.1. The van der Waals surface area contributed by atoms with Crippen molar-refractivity contribution >= 4 is 22.7 Å². The Morgan fingerprint density at radius 3 is 3.05 bits per heavy atom. The topological polar surface area (TPSA) is 24.9 Å². The first kappa shape index (κ1) is 12.9. The fourth-order valence-electron chi connectivity index (χ4n) is 2.74. The lowest BCUT2D eigenvalue weighted by atomic mass is 10.1. The molecule has 2 nitrogen and oxygen atoms in total. The molecule has 1 saturated heterocycles. The summed E-state index contributed by atoms with van der Waals surface area (Å²) in [5.74, 6) is 1.26. The molecule has 1 fully saturated rings. The highest BCUT2D eigenvalue weighted by atomic mass is 32.2. The molecule has 0 spiro atoms. The highest BCUT2D eigenvalue weighted by molar-refractivity contribution is 8.00. The average Bonchev–Trinajstić information content (AvgIpc) is 2.85. The van der Waals surface area contributed by atoms with Crippen LogP contribution in [0.4, 0.5) is 0 Å². The monoisotopic (exact) mass is 272 g/mol. The normalized spacial score (nSPS) is 23.0. The fraction of sp³-hybridized carbons (Fsp3) is 0.438. The van der Waals surface area contributed by atoms with Gasteiger partial charge in [0.15, 0.2) is 0 Å². The van der Waals surface area contributed by atoms with Crippen LogP contribution in [0.15, 0.2) is 36.5 Å². The van der Waals surface area contributed by atoms with E-state index in [2.05, 4.69) is 53.3 Å². The lowest BCUT2D eigenvalue weighted by Gasteiger charge is -2.12. The molecular formula is C16H20N2S. The fourth-order valence-corrected chi connectivity index (χ4v) is 3.92. The van der Waals surface area contributed by atoms with Gasteiger partial charge in [0, 0.05) is 28.6 Å². The molecule has 2 aromatic rings. The van der Waals surface area contributed by atoms with Gasteiger partial charge in [-0.15, -0.1) is 0 Å². The first-order valence-corrected chi connectivity index (χ1v) is 8.05. The van der Waals surface area contributed by atoms with Gasteiger partial charge in [-0.05, 0) is 31.0 Å². The van der Waals surface area contributed by atoms with Gasteiger partial charge < -0.3 is 5.32 Å².